The van der Waals surface area contributed by atoms with E-state index in [0.717, 1.165) is 36.1 Å². The molecule has 1 fully saturated rings. The lowest BCUT2D eigenvalue weighted by molar-refractivity contribution is -0.175. The van der Waals surface area contributed by atoms with Crippen LogP contribution in [-0.4, -0.2) is 17.2 Å². The Morgan fingerprint density at radius 3 is 2.86 bits per heavy atom. The van der Waals surface area contributed by atoms with Crippen molar-refractivity contribution in [3.63, 3.8) is 0 Å². The maximum absolute atomic E-state index is 11.6. The van der Waals surface area contributed by atoms with Gasteiger partial charge in [0.25, 0.3) is 0 Å². The lowest BCUT2D eigenvalue weighted by atomic mass is 9.53. The number of furan rings is 1. The fraction of sp³-hybridized carbons (Fsp3) is 0.706. The van der Waals surface area contributed by atoms with Gasteiger partial charge in [0.1, 0.15) is 11.9 Å². The molecule has 116 valence electrons. The summed E-state index contributed by atoms with van der Waals surface area (Å²) in [6.07, 6.45) is 3.71. The van der Waals surface area contributed by atoms with Gasteiger partial charge in [0.15, 0.2) is 0 Å². The smallest absolute Gasteiger partial charge is 0.303 e. The zero-order valence-corrected chi connectivity index (χ0v) is 13.2. The lowest BCUT2D eigenvalue weighted by Crippen LogP contribution is -2.52. The van der Waals surface area contributed by atoms with Gasteiger partial charge >= 0.3 is 5.97 Å². The van der Waals surface area contributed by atoms with E-state index in [-0.39, 0.29) is 29.5 Å². The molecule has 3 rings (SSSR count). The Kier molecular flexibility index (Phi) is 3.40. The summed E-state index contributed by atoms with van der Waals surface area (Å²) in [6.45, 7) is 7.68. The number of hydrogen-bond donors (Lipinski definition) is 1. The molecule has 0 spiro atoms. The van der Waals surface area contributed by atoms with E-state index in [2.05, 4.69) is 13.8 Å². The maximum atomic E-state index is 11.6. The summed E-state index contributed by atoms with van der Waals surface area (Å²) >= 11 is 0. The molecular weight excluding hydrogens is 268 g/mol. The van der Waals surface area contributed by atoms with Crippen LogP contribution in [0.3, 0.4) is 0 Å². The molecule has 0 radical (unpaired) electrons. The van der Waals surface area contributed by atoms with Gasteiger partial charge in [-0.25, -0.2) is 0 Å². The molecule has 21 heavy (non-hydrogen) atoms. The van der Waals surface area contributed by atoms with Crippen LogP contribution >= 0.6 is 0 Å². The van der Waals surface area contributed by atoms with E-state index in [1.54, 1.807) is 6.26 Å². The minimum atomic E-state index is -0.335. The first kappa shape index (κ1) is 14.6. The van der Waals surface area contributed by atoms with E-state index in [1.807, 2.05) is 6.92 Å². The molecule has 2 aliphatic carbocycles. The fourth-order valence-electron chi connectivity index (χ4n) is 4.40. The Morgan fingerprint density at radius 2 is 2.19 bits per heavy atom. The van der Waals surface area contributed by atoms with E-state index < -0.39 is 0 Å². The van der Waals surface area contributed by atoms with Crippen LogP contribution in [0.15, 0.2) is 10.7 Å². The van der Waals surface area contributed by atoms with Gasteiger partial charge in [-0.2, -0.15) is 0 Å². The topological polar surface area (TPSA) is 59.7 Å². The highest BCUT2D eigenvalue weighted by atomic mass is 16.5. The molecule has 0 bridgehead atoms. The molecule has 0 aliphatic heterocycles. The Balaban J connectivity index is 2.12. The van der Waals surface area contributed by atoms with Crippen LogP contribution < -0.4 is 0 Å². The summed E-state index contributed by atoms with van der Waals surface area (Å²) < 4.78 is 11.4. The van der Waals surface area contributed by atoms with Crippen molar-refractivity contribution >= 4 is 5.97 Å². The molecule has 4 heteroatoms. The highest BCUT2D eigenvalue weighted by Crippen LogP contribution is 2.59. The van der Waals surface area contributed by atoms with Crippen LogP contribution in [0.2, 0.25) is 0 Å². The van der Waals surface area contributed by atoms with E-state index in [0.29, 0.717) is 5.92 Å². The van der Waals surface area contributed by atoms with Crippen molar-refractivity contribution in [2.45, 2.75) is 59.2 Å². The largest absolute Gasteiger partial charge is 0.469 e. The highest BCUT2D eigenvalue weighted by molar-refractivity contribution is 5.66. The number of rotatable bonds is 1. The summed E-state index contributed by atoms with van der Waals surface area (Å²) in [5.41, 5.74) is 1.80. The van der Waals surface area contributed by atoms with Crippen LogP contribution in [0.1, 0.15) is 56.6 Å². The Morgan fingerprint density at radius 1 is 1.48 bits per heavy atom. The van der Waals surface area contributed by atoms with Crippen molar-refractivity contribution in [1.82, 2.24) is 0 Å². The fourth-order valence-corrected chi connectivity index (χ4v) is 4.40. The third-order valence-electron chi connectivity index (χ3n) is 5.89. The normalized spacial score (nSPS) is 38.5. The van der Waals surface area contributed by atoms with Crippen molar-refractivity contribution < 1.29 is 19.1 Å². The summed E-state index contributed by atoms with van der Waals surface area (Å²) in [5, 5.41) is 10.3. The summed E-state index contributed by atoms with van der Waals surface area (Å²) in [7, 11) is 0. The number of hydrogen-bond acceptors (Lipinski definition) is 4. The van der Waals surface area contributed by atoms with Crippen LogP contribution in [0.5, 0.6) is 0 Å². The van der Waals surface area contributed by atoms with Gasteiger partial charge in [0.2, 0.25) is 0 Å². The summed E-state index contributed by atoms with van der Waals surface area (Å²) in [5.74, 6) is 1.13. The van der Waals surface area contributed by atoms with Crippen molar-refractivity contribution in [2.75, 3.05) is 0 Å². The van der Waals surface area contributed by atoms with Gasteiger partial charge in [-0.15, -0.1) is 0 Å². The molecule has 4 nitrogen and oxygen atoms in total. The predicted molar refractivity (Wildman–Crippen MR) is 77.7 cm³/mol. The average molecular weight is 292 g/mol. The van der Waals surface area contributed by atoms with E-state index in [9.17, 15) is 9.90 Å². The summed E-state index contributed by atoms with van der Waals surface area (Å²) in [6, 6.07) is 0. The first-order chi connectivity index (χ1) is 9.85. The number of carbonyl (C=O) groups excluding carboxylic acids is 1. The van der Waals surface area contributed by atoms with Crippen molar-refractivity contribution in [3.05, 3.63) is 23.2 Å². The van der Waals surface area contributed by atoms with Gasteiger partial charge < -0.3 is 14.3 Å². The molecule has 0 aromatic carbocycles. The maximum Gasteiger partial charge on any atom is 0.303 e. The molecule has 5 atom stereocenters. The minimum absolute atomic E-state index is 0.0862. The molecule has 1 heterocycles. The Bertz CT molecular complexity index is 561. The zero-order chi connectivity index (χ0) is 15.4. The SMILES string of the molecule is CC(=O)O[C@@H]1c2c(C)coc2C[C@@H]2CC[C@H](O)[C@H](C)[C@]21C. The zero-order valence-electron chi connectivity index (χ0n) is 13.2. The van der Waals surface area contributed by atoms with Crippen LogP contribution in [0.25, 0.3) is 0 Å². The summed E-state index contributed by atoms with van der Waals surface area (Å²) in [4.78, 5) is 11.6. The third kappa shape index (κ3) is 2.03. The van der Waals surface area contributed by atoms with Crippen LogP contribution in [0.4, 0.5) is 0 Å². The van der Waals surface area contributed by atoms with E-state index in [1.165, 1.54) is 6.92 Å². The monoisotopic (exact) mass is 292 g/mol. The highest BCUT2D eigenvalue weighted by Gasteiger charge is 2.56. The molecule has 1 aromatic rings. The van der Waals surface area contributed by atoms with Crippen LogP contribution in [-0.2, 0) is 16.0 Å². The molecule has 0 saturated heterocycles. The van der Waals surface area contributed by atoms with Gasteiger partial charge in [0.05, 0.1) is 12.4 Å². The number of fused-ring (bicyclic) bond motifs is 2. The van der Waals surface area contributed by atoms with Gasteiger partial charge in [-0.05, 0) is 37.2 Å². The lowest BCUT2D eigenvalue weighted by Gasteiger charge is -2.54. The molecule has 1 saturated carbocycles. The molecule has 1 aromatic heterocycles. The number of ether oxygens (including phenoxy) is 1. The number of aliphatic hydroxyl groups excluding tert-OH is 1. The van der Waals surface area contributed by atoms with E-state index >= 15 is 0 Å². The molecule has 0 amide bonds. The Hall–Kier alpha value is -1.29. The standard InChI is InChI=1S/C17H24O4/c1-9-8-20-14-7-12-5-6-13(19)10(2)17(12,4)16(15(9)14)21-11(3)18/h8,10,12-13,16,19H,5-7H2,1-4H3/t10-,12-,13-,16+,17+/m0/s1. The van der Waals surface area contributed by atoms with Crippen molar-refractivity contribution in [3.8, 4) is 0 Å². The minimum Gasteiger partial charge on any atom is -0.469 e. The molecule has 2 aliphatic rings. The second kappa shape index (κ2) is 4.87. The number of aryl methyl sites for hydroxylation is 1. The first-order valence-corrected chi connectivity index (χ1v) is 7.77. The molecule has 1 N–H and O–H groups in total. The number of esters is 1. The van der Waals surface area contributed by atoms with Gasteiger partial charge in [-0.1, -0.05) is 13.8 Å². The Labute approximate surface area is 125 Å². The van der Waals surface area contributed by atoms with Crippen molar-refractivity contribution in [2.24, 2.45) is 17.3 Å². The average Bonchev–Trinajstić information content (AvgIpc) is 2.78. The first-order valence-electron chi connectivity index (χ1n) is 7.77. The number of aliphatic hydroxyl groups is 1. The quantitative estimate of drug-likeness (QED) is 0.808. The second-order valence-corrected chi connectivity index (χ2v) is 6.95. The number of carbonyl (C=O) groups is 1. The van der Waals surface area contributed by atoms with Crippen molar-refractivity contribution in [1.29, 1.82) is 0 Å². The molecular formula is C17H24O4. The van der Waals surface area contributed by atoms with Crippen LogP contribution in [0, 0.1) is 24.2 Å². The predicted octanol–water partition coefficient (Wildman–Crippen LogP) is 3.16. The third-order valence-corrected chi connectivity index (χ3v) is 5.89. The van der Waals surface area contributed by atoms with Gasteiger partial charge in [0, 0.05) is 24.3 Å². The van der Waals surface area contributed by atoms with Gasteiger partial charge in [-0.3, -0.25) is 4.79 Å². The van der Waals surface area contributed by atoms with E-state index in [4.69, 9.17) is 9.15 Å². The molecule has 0 unspecified atom stereocenters. The second-order valence-electron chi connectivity index (χ2n) is 6.95.